The Morgan fingerprint density at radius 2 is 2.08 bits per heavy atom. The lowest BCUT2D eigenvalue weighted by atomic mass is 9.84. The number of piperidine rings is 1. The van der Waals surface area contributed by atoms with Gasteiger partial charge >= 0.3 is 0 Å². The van der Waals surface area contributed by atoms with Gasteiger partial charge in [0.05, 0.1) is 0 Å². The lowest BCUT2D eigenvalue weighted by molar-refractivity contribution is 0.100. The predicted molar refractivity (Wildman–Crippen MR) is 54.3 cm³/mol. The van der Waals surface area contributed by atoms with E-state index in [1.54, 1.807) is 0 Å². The van der Waals surface area contributed by atoms with Crippen molar-refractivity contribution in [2.45, 2.75) is 46.6 Å². The SMILES string of the molecule is CC[C@@H]1CCN(C(C)C)C[C@H]1C. The Kier molecular flexibility index (Phi) is 3.57. The van der Waals surface area contributed by atoms with Crippen LogP contribution in [-0.4, -0.2) is 24.0 Å². The summed E-state index contributed by atoms with van der Waals surface area (Å²) in [5, 5.41) is 0. The van der Waals surface area contributed by atoms with E-state index >= 15 is 0 Å². The molecule has 1 aliphatic rings. The highest BCUT2D eigenvalue weighted by atomic mass is 15.2. The van der Waals surface area contributed by atoms with Crippen molar-refractivity contribution < 1.29 is 0 Å². The average Bonchev–Trinajstić information content (AvgIpc) is 2.04. The van der Waals surface area contributed by atoms with Crippen molar-refractivity contribution in [3.05, 3.63) is 0 Å². The fourth-order valence-electron chi connectivity index (χ4n) is 2.30. The molecule has 0 bridgehead atoms. The normalized spacial score (nSPS) is 32.8. The highest BCUT2D eigenvalue weighted by molar-refractivity contribution is 4.78. The van der Waals surface area contributed by atoms with Gasteiger partial charge in [-0.1, -0.05) is 20.3 Å². The highest BCUT2D eigenvalue weighted by Gasteiger charge is 2.25. The molecule has 72 valence electrons. The van der Waals surface area contributed by atoms with Crippen LogP contribution in [-0.2, 0) is 0 Å². The molecule has 1 fully saturated rings. The van der Waals surface area contributed by atoms with Gasteiger partial charge in [-0.25, -0.2) is 0 Å². The molecule has 1 rings (SSSR count). The van der Waals surface area contributed by atoms with Crippen molar-refractivity contribution in [3.63, 3.8) is 0 Å². The minimum absolute atomic E-state index is 0.741. The fourth-order valence-corrected chi connectivity index (χ4v) is 2.30. The highest BCUT2D eigenvalue weighted by Crippen LogP contribution is 2.26. The van der Waals surface area contributed by atoms with E-state index in [9.17, 15) is 0 Å². The summed E-state index contributed by atoms with van der Waals surface area (Å²) in [4.78, 5) is 2.61. The van der Waals surface area contributed by atoms with Crippen LogP contribution in [0.2, 0.25) is 0 Å². The Labute approximate surface area is 77.1 Å². The third kappa shape index (κ3) is 2.22. The summed E-state index contributed by atoms with van der Waals surface area (Å²) >= 11 is 0. The maximum atomic E-state index is 2.61. The summed E-state index contributed by atoms with van der Waals surface area (Å²) < 4.78 is 0. The van der Waals surface area contributed by atoms with E-state index in [1.165, 1.54) is 25.9 Å². The van der Waals surface area contributed by atoms with Crippen molar-refractivity contribution >= 4 is 0 Å². The van der Waals surface area contributed by atoms with Crippen LogP contribution >= 0.6 is 0 Å². The van der Waals surface area contributed by atoms with Crippen LogP contribution in [0, 0.1) is 11.8 Å². The molecule has 1 heteroatoms. The van der Waals surface area contributed by atoms with Crippen molar-refractivity contribution in [3.8, 4) is 0 Å². The molecule has 0 spiro atoms. The van der Waals surface area contributed by atoms with Gasteiger partial charge in [0.25, 0.3) is 0 Å². The molecule has 0 N–H and O–H groups in total. The van der Waals surface area contributed by atoms with Crippen LogP contribution in [0.15, 0.2) is 0 Å². The van der Waals surface area contributed by atoms with Crippen molar-refractivity contribution in [2.24, 2.45) is 11.8 Å². The van der Waals surface area contributed by atoms with Crippen LogP contribution in [0.4, 0.5) is 0 Å². The smallest absolute Gasteiger partial charge is 0.00387 e. The van der Waals surface area contributed by atoms with Crippen molar-refractivity contribution in [1.82, 2.24) is 4.90 Å². The molecule has 0 amide bonds. The topological polar surface area (TPSA) is 3.24 Å². The molecule has 12 heavy (non-hydrogen) atoms. The summed E-state index contributed by atoms with van der Waals surface area (Å²) in [5.74, 6) is 1.89. The second-order valence-electron chi connectivity index (χ2n) is 4.52. The first-order valence-corrected chi connectivity index (χ1v) is 5.39. The molecule has 0 radical (unpaired) electrons. The van der Waals surface area contributed by atoms with Crippen molar-refractivity contribution in [2.75, 3.05) is 13.1 Å². The summed E-state index contributed by atoms with van der Waals surface area (Å²) in [7, 11) is 0. The Balaban J connectivity index is 2.40. The molecular weight excluding hydrogens is 146 g/mol. The third-order valence-electron chi connectivity index (χ3n) is 3.37. The predicted octanol–water partition coefficient (Wildman–Crippen LogP) is 2.76. The number of hydrogen-bond acceptors (Lipinski definition) is 1. The molecule has 0 unspecified atom stereocenters. The van der Waals surface area contributed by atoms with E-state index in [-0.39, 0.29) is 0 Å². The molecule has 0 aromatic heterocycles. The van der Waals surface area contributed by atoms with Crippen LogP contribution in [0.3, 0.4) is 0 Å². The first-order chi connectivity index (χ1) is 5.65. The first kappa shape index (κ1) is 10.0. The van der Waals surface area contributed by atoms with Gasteiger partial charge in [-0.2, -0.15) is 0 Å². The molecule has 1 heterocycles. The van der Waals surface area contributed by atoms with Crippen molar-refractivity contribution in [1.29, 1.82) is 0 Å². The van der Waals surface area contributed by atoms with E-state index in [0.717, 1.165) is 17.9 Å². The Bertz CT molecular complexity index is 131. The van der Waals surface area contributed by atoms with Gasteiger partial charge in [0.2, 0.25) is 0 Å². The van der Waals surface area contributed by atoms with E-state index in [1.807, 2.05) is 0 Å². The van der Waals surface area contributed by atoms with Crippen LogP contribution in [0.1, 0.15) is 40.5 Å². The second-order valence-corrected chi connectivity index (χ2v) is 4.52. The van der Waals surface area contributed by atoms with E-state index in [2.05, 4.69) is 32.6 Å². The Morgan fingerprint density at radius 1 is 1.42 bits per heavy atom. The Morgan fingerprint density at radius 3 is 2.50 bits per heavy atom. The quantitative estimate of drug-likeness (QED) is 0.614. The van der Waals surface area contributed by atoms with Gasteiger partial charge in [0, 0.05) is 12.6 Å². The van der Waals surface area contributed by atoms with E-state index < -0.39 is 0 Å². The maximum absolute atomic E-state index is 2.61. The molecule has 1 saturated heterocycles. The first-order valence-electron chi connectivity index (χ1n) is 5.39. The summed E-state index contributed by atoms with van der Waals surface area (Å²) in [6.45, 7) is 12.0. The average molecular weight is 169 g/mol. The van der Waals surface area contributed by atoms with Gasteiger partial charge in [-0.15, -0.1) is 0 Å². The summed E-state index contributed by atoms with van der Waals surface area (Å²) in [5.41, 5.74) is 0. The molecule has 1 aliphatic heterocycles. The van der Waals surface area contributed by atoms with Gasteiger partial charge in [-0.05, 0) is 38.6 Å². The number of likely N-dealkylation sites (tertiary alicyclic amines) is 1. The molecule has 1 nitrogen and oxygen atoms in total. The standard InChI is InChI=1S/C11H23N/c1-5-11-6-7-12(9(2)3)8-10(11)4/h9-11H,5-8H2,1-4H3/t10-,11-/m1/s1. The zero-order valence-corrected chi connectivity index (χ0v) is 9.01. The van der Waals surface area contributed by atoms with Crippen LogP contribution in [0.25, 0.3) is 0 Å². The number of nitrogens with zero attached hydrogens (tertiary/aromatic N) is 1. The summed E-state index contributed by atoms with van der Waals surface area (Å²) in [6.07, 6.45) is 2.78. The third-order valence-corrected chi connectivity index (χ3v) is 3.37. The fraction of sp³-hybridized carbons (Fsp3) is 1.00. The molecular formula is C11H23N. The van der Waals surface area contributed by atoms with Crippen LogP contribution < -0.4 is 0 Å². The maximum Gasteiger partial charge on any atom is 0.00387 e. The number of rotatable bonds is 2. The minimum atomic E-state index is 0.741. The van der Waals surface area contributed by atoms with E-state index in [0.29, 0.717) is 0 Å². The van der Waals surface area contributed by atoms with Gasteiger partial charge in [-0.3, -0.25) is 0 Å². The summed E-state index contributed by atoms with van der Waals surface area (Å²) in [6, 6.07) is 0.741. The Hall–Kier alpha value is -0.0400. The van der Waals surface area contributed by atoms with Gasteiger partial charge in [0.15, 0.2) is 0 Å². The molecule has 0 aliphatic carbocycles. The lowest BCUT2D eigenvalue weighted by Gasteiger charge is -2.38. The van der Waals surface area contributed by atoms with Crippen LogP contribution in [0.5, 0.6) is 0 Å². The lowest BCUT2D eigenvalue weighted by Crippen LogP contribution is -2.42. The largest absolute Gasteiger partial charge is 0.301 e. The monoisotopic (exact) mass is 169 g/mol. The number of hydrogen-bond donors (Lipinski definition) is 0. The second kappa shape index (κ2) is 4.27. The van der Waals surface area contributed by atoms with Gasteiger partial charge in [0.1, 0.15) is 0 Å². The molecule has 2 atom stereocenters. The molecule has 0 aromatic rings. The molecule has 0 saturated carbocycles. The van der Waals surface area contributed by atoms with E-state index in [4.69, 9.17) is 0 Å². The molecule has 0 aromatic carbocycles. The van der Waals surface area contributed by atoms with Gasteiger partial charge < -0.3 is 4.90 Å². The zero-order valence-electron chi connectivity index (χ0n) is 9.01. The zero-order chi connectivity index (χ0) is 9.14. The minimum Gasteiger partial charge on any atom is -0.301 e.